The maximum absolute atomic E-state index is 13.5. The molecule has 1 saturated carbocycles. The van der Waals surface area contributed by atoms with Crippen LogP contribution in [0.15, 0.2) is 66.9 Å². The van der Waals surface area contributed by atoms with Gasteiger partial charge in [0.2, 0.25) is 0 Å². The summed E-state index contributed by atoms with van der Waals surface area (Å²) >= 11 is 1.41. The first-order valence-corrected chi connectivity index (χ1v) is 12.3. The molecule has 2 heterocycles. The van der Waals surface area contributed by atoms with Gasteiger partial charge in [-0.25, -0.2) is 4.98 Å². The van der Waals surface area contributed by atoms with Crippen molar-refractivity contribution in [3.8, 4) is 0 Å². The van der Waals surface area contributed by atoms with E-state index in [1.165, 1.54) is 16.9 Å². The van der Waals surface area contributed by atoms with Crippen LogP contribution < -0.4 is 5.32 Å². The van der Waals surface area contributed by atoms with Crippen LogP contribution in [-0.4, -0.2) is 33.5 Å². The standard InChI is InChI=1S/C26H29N3O2S/c30-24(23-18-28-25(32-23)27-17-19-9-3-1-4-10-19)29-16-15-26(31,20-11-5-2-6-12-20)21-13-7-8-14-22(21)29/h1-6,9-12,18,21-22,31H,7-8,13-17H2,(H,27,28)/t21-,22+,26-/m0/s1. The number of piperidine rings is 1. The number of aromatic nitrogens is 1. The van der Waals surface area contributed by atoms with E-state index in [0.717, 1.165) is 36.4 Å². The number of hydrogen-bond acceptors (Lipinski definition) is 5. The highest BCUT2D eigenvalue weighted by Crippen LogP contribution is 2.47. The van der Waals surface area contributed by atoms with Gasteiger partial charge in [0.05, 0.1) is 11.8 Å². The van der Waals surface area contributed by atoms with E-state index in [4.69, 9.17) is 0 Å². The molecule has 0 radical (unpaired) electrons. The SMILES string of the molecule is O=C(c1cnc(NCc2ccccc2)s1)N1CC[C@](O)(c2ccccc2)[C@H]2CCCC[C@H]21. The van der Waals surface area contributed by atoms with E-state index < -0.39 is 5.60 Å². The van der Waals surface area contributed by atoms with Gasteiger partial charge in [0.15, 0.2) is 5.13 Å². The van der Waals surface area contributed by atoms with Crippen LogP contribution in [0.25, 0.3) is 0 Å². The maximum atomic E-state index is 13.5. The molecule has 3 atom stereocenters. The van der Waals surface area contributed by atoms with Gasteiger partial charge in [-0.05, 0) is 30.4 Å². The summed E-state index contributed by atoms with van der Waals surface area (Å²) in [5.74, 6) is 0.113. The first-order chi connectivity index (χ1) is 15.6. The number of amides is 1. The van der Waals surface area contributed by atoms with Crippen LogP contribution in [0.1, 0.15) is 52.9 Å². The number of fused-ring (bicyclic) bond motifs is 1. The van der Waals surface area contributed by atoms with Crippen molar-refractivity contribution in [1.82, 2.24) is 9.88 Å². The zero-order chi connectivity index (χ0) is 22.0. The van der Waals surface area contributed by atoms with Gasteiger partial charge in [0.25, 0.3) is 5.91 Å². The average Bonchev–Trinajstić information content (AvgIpc) is 3.33. The summed E-state index contributed by atoms with van der Waals surface area (Å²) in [6.45, 7) is 1.25. The minimum Gasteiger partial charge on any atom is -0.385 e. The number of aliphatic hydroxyl groups is 1. The van der Waals surface area contributed by atoms with E-state index in [-0.39, 0.29) is 17.9 Å². The Morgan fingerprint density at radius 2 is 1.81 bits per heavy atom. The number of hydrogen-bond donors (Lipinski definition) is 2. The van der Waals surface area contributed by atoms with E-state index >= 15 is 0 Å². The second-order valence-electron chi connectivity index (χ2n) is 8.87. The van der Waals surface area contributed by atoms with E-state index in [0.29, 0.717) is 24.4 Å². The molecule has 1 saturated heterocycles. The van der Waals surface area contributed by atoms with Crippen LogP contribution in [0.3, 0.4) is 0 Å². The van der Waals surface area contributed by atoms with Gasteiger partial charge in [-0.1, -0.05) is 84.8 Å². The lowest BCUT2D eigenvalue weighted by Gasteiger charge is -2.52. The third-order valence-electron chi connectivity index (χ3n) is 7.01. The van der Waals surface area contributed by atoms with Crippen molar-refractivity contribution in [2.75, 3.05) is 11.9 Å². The van der Waals surface area contributed by atoms with Crippen molar-refractivity contribution in [2.45, 2.75) is 50.3 Å². The molecular formula is C26H29N3O2S. The number of anilines is 1. The molecule has 5 nitrogen and oxygen atoms in total. The van der Waals surface area contributed by atoms with Gasteiger partial charge >= 0.3 is 0 Å². The monoisotopic (exact) mass is 447 g/mol. The minimum absolute atomic E-state index is 0.0438. The Labute approximate surface area is 193 Å². The van der Waals surface area contributed by atoms with Crippen molar-refractivity contribution < 1.29 is 9.90 Å². The number of nitrogens with zero attached hydrogens (tertiary/aromatic N) is 2. The van der Waals surface area contributed by atoms with Crippen LogP contribution in [0.5, 0.6) is 0 Å². The molecule has 1 aliphatic carbocycles. The molecule has 32 heavy (non-hydrogen) atoms. The van der Waals surface area contributed by atoms with Crippen LogP contribution in [0.4, 0.5) is 5.13 Å². The first-order valence-electron chi connectivity index (χ1n) is 11.5. The number of carbonyl (C=O) groups is 1. The lowest BCUT2D eigenvalue weighted by molar-refractivity contribution is -0.110. The van der Waals surface area contributed by atoms with E-state index in [2.05, 4.69) is 22.4 Å². The average molecular weight is 448 g/mol. The molecule has 2 N–H and O–H groups in total. The molecule has 2 fully saturated rings. The summed E-state index contributed by atoms with van der Waals surface area (Å²) < 4.78 is 0. The quantitative estimate of drug-likeness (QED) is 0.575. The smallest absolute Gasteiger partial charge is 0.265 e. The summed E-state index contributed by atoms with van der Waals surface area (Å²) in [6.07, 6.45) is 6.36. The summed E-state index contributed by atoms with van der Waals surface area (Å²) in [5, 5.41) is 15.8. The highest BCUT2D eigenvalue weighted by Gasteiger charge is 2.50. The molecule has 166 valence electrons. The summed E-state index contributed by atoms with van der Waals surface area (Å²) in [4.78, 5) is 20.6. The number of rotatable bonds is 5. The third kappa shape index (κ3) is 4.05. The van der Waals surface area contributed by atoms with Crippen LogP contribution in [0, 0.1) is 5.92 Å². The van der Waals surface area contributed by atoms with Crippen molar-refractivity contribution in [3.05, 3.63) is 82.9 Å². The Balaban J connectivity index is 1.32. The largest absolute Gasteiger partial charge is 0.385 e. The van der Waals surface area contributed by atoms with Crippen LogP contribution in [-0.2, 0) is 12.1 Å². The Hall–Kier alpha value is -2.70. The van der Waals surface area contributed by atoms with Gasteiger partial charge < -0.3 is 15.3 Å². The van der Waals surface area contributed by atoms with Crippen molar-refractivity contribution in [2.24, 2.45) is 5.92 Å². The minimum atomic E-state index is -0.862. The molecule has 5 rings (SSSR count). The maximum Gasteiger partial charge on any atom is 0.265 e. The summed E-state index contributed by atoms with van der Waals surface area (Å²) in [6, 6.07) is 20.2. The van der Waals surface area contributed by atoms with Crippen molar-refractivity contribution in [1.29, 1.82) is 0 Å². The highest BCUT2D eigenvalue weighted by atomic mass is 32.1. The van der Waals surface area contributed by atoms with Crippen LogP contribution >= 0.6 is 11.3 Å². The first kappa shape index (κ1) is 21.2. The number of nitrogens with one attached hydrogen (secondary N) is 1. The van der Waals surface area contributed by atoms with Crippen molar-refractivity contribution in [3.63, 3.8) is 0 Å². The lowest BCUT2D eigenvalue weighted by Crippen LogP contribution is -2.58. The van der Waals surface area contributed by atoms with Crippen molar-refractivity contribution >= 4 is 22.4 Å². The van der Waals surface area contributed by atoms with Gasteiger partial charge in [0, 0.05) is 25.0 Å². The fourth-order valence-corrected chi connectivity index (χ4v) is 6.16. The molecule has 1 aliphatic heterocycles. The predicted octanol–water partition coefficient (Wildman–Crippen LogP) is 5.05. The second-order valence-corrected chi connectivity index (χ2v) is 9.90. The third-order valence-corrected chi connectivity index (χ3v) is 7.96. The lowest BCUT2D eigenvalue weighted by atomic mass is 9.66. The van der Waals surface area contributed by atoms with Gasteiger partial charge in [-0.2, -0.15) is 0 Å². The summed E-state index contributed by atoms with van der Waals surface area (Å²) in [7, 11) is 0. The second kappa shape index (κ2) is 9.04. The normalized spacial score (nSPS) is 25.2. The summed E-state index contributed by atoms with van der Waals surface area (Å²) in [5.41, 5.74) is 1.30. The Bertz CT molecular complexity index is 1060. The molecule has 1 aromatic heterocycles. The molecular weight excluding hydrogens is 418 g/mol. The zero-order valence-electron chi connectivity index (χ0n) is 18.1. The molecule has 1 amide bonds. The topological polar surface area (TPSA) is 65.5 Å². The predicted molar refractivity (Wildman–Crippen MR) is 128 cm³/mol. The van der Waals surface area contributed by atoms with Crippen LogP contribution in [0.2, 0.25) is 0 Å². The molecule has 2 aliphatic rings. The molecule has 0 spiro atoms. The molecule has 6 heteroatoms. The number of likely N-dealkylation sites (tertiary alicyclic amines) is 1. The van der Waals surface area contributed by atoms with Gasteiger partial charge in [-0.3, -0.25) is 4.79 Å². The number of thiazole rings is 1. The van der Waals surface area contributed by atoms with E-state index in [1.807, 2.05) is 53.4 Å². The van der Waals surface area contributed by atoms with E-state index in [1.54, 1.807) is 6.20 Å². The van der Waals surface area contributed by atoms with E-state index in [9.17, 15) is 9.90 Å². The molecule has 0 bridgehead atoms. The molecule has 0 unspecified atom stereocenters. The Morgan fingerprint density at radius 1 is 1.09 bits per heavy atom. The fraction of sp³-hybridized carbons (Fsp3) is 0.385. The molecule has 2 aromatic carbocycles. The highest BCUT2D eigenvalue weighted by molar-refractivity contribution is 7.17. The van der Waals surface area contributed by atoms with Gasteiger partial charge in [-0.15, -0.1) is 0 Å². The fourth-order valence-electron chi connectivity index (χ4n) is 5.39. The number of benzene rings is 2. The zero-order valence-corrected chi connectivity index (χ0v) is 18.9. The van der Waals surface area contributed by atoms with Gasteiger partial charge in [0.1, 0.15) is 4.88 Å². The Morgan fingerprint density at radius 3 is 2.59 bits per heavy atom. The molecule has 3 aromatic rings. The number of carbonyl (C=O) groups excluding carboxylic acids is 1. The Kier molecular flexibility index (Phi) is 5.98.